The standard InChI is InChI=1S/C24H22BrF2N5O5S/c1-13(2)12-37-24(33)30-22-21(25)32-11-14(4-7-20(32)29-22)15-8-18(23(36-3)28-10-15)31-38(34,35)19-6-5-16(26)9-17(19)27/h4-11,13,31H,12H2,1-3H3,(H,30,33). The minimum Gasteiger partial charge on any atom is -0.480 e. The molecule has 0 atom stereocenters. The van der Waals surface area contributed by atoms with Crippen molar-refractivity contribution in [2.45, 2.75) is 18.7 Å². The summed E-state index contributed by atoms with van der Waals surface area (Å²) in [5.41, 5.74) is 1.53. The number of rotatable bonds is 8. The fourth-order valence-electron chi connectivity index (χ4n) is 3.38. The van der Waals surface area contributed by atoms with E-state index in [1.165, 1.54) is 19.4 Å². The molecule has 14 heteroatoms. The van der Waals surface area contributed by atoms with Crippen LogP contribution in [0.3, 0.4) is 0 Å². The molecule has 0 aliphatic rings. The van der Waals surface area contributed by atoms with Gasteiger partial charge >= 0.3 is 6.09 Å². The Kier molecular flexibility index (Phi) is 7.83. The summed E-state index contributed by atoms with van der Waals surface area (Å²) in [5.74, 6) is -1.78. The van der Waals surface area contributed by atoms with E-state index in [9.17, 15) is 22.0 Å². The number of methoxy groups -OCH3 is 1. The Labute approximate surface area is 225 Å². The molecule has 0 aliphatic heterocycles. The van der Waals surface area contributed by atoms with Crippen LogP contribution in [0.2, 0.25) is 0 Å². The van der Waals surface area contributed by atoms with Gasteiger partial charge in [-0.2, -0.15) is 0 Å². The lowest BCUT2D eigenvalue weighted by Crippen LogP contribution is -2.17. The maximum absolute atomic E-state index is 14.2. The predicted octanol–water partition coefficient (Wildman–Crippen LogP) is 5.45. The number of imidazole rings is 1. The van der Waals surface area contributed by atoms with E-state index < -0.39 is 32.6 Å². The van der Waals surface area contributed by atoms with Crippen molar-refractivity contribution in [2.24, 2.45) is 5.92 Å². The molecule has 200 valence electrons. The third-order valence-corrected chi connectivity index (χ3v) is 7.29. The highest BCUT2D eigenvalue weighted by Gasteiger charge is 2.22. The van der Waals surface area contributed by atoms with Gasteiger partial charge < -0.3 is 9.47 Å². The van der Waals surface area contributed by atoms with E-state index in [0.29, 0.717) is 27.4 Å². The zero-order valence-corrected chi connectivity index (χ0v) is 22.7. The number of ether oxygens (including phenoxy) is 2. The van der Waals surface area contributed by atoms with E-state index in [2.05, 4.69) is 35.9 Å². The van der Waals surface area contributed by atoms with Crippen LogP contribution in [0.5, 0.6) is 5.88 Å². The average Bonchev–Trinajstić information content (AvgIpc) is 3.16. The smallest absolute Gasteiger partial charge is 0.412 e. The van der Waals surface area contributed by atoms with Crippen molar-refractivity contribution in [2.75, 3.05) is 23.8 Å². The Balaban J connectivity index is 1.66. The van der Waals surface area contributed by atoms with E-state index in [0.717, 1.165) is 12.1 Å². The van der Waals surface area contributed by atoms with E-state index in [1.54, 1.807) is 22.7 Å². The Bertz CT molecular complexity index is 1630. The van der Waals surface area contributed by atoms with Gasteiger partial charge in [-0.25, -0.2) is 32.0 Å². The lowest BCUT2D eigenvalue weighted by molar-refractivity contribution is 0.147. The van der Waals surface area contributed by atoms with Gasteiger partial charge in [0.1, 0.15) is 32.5 Å². The second-order valence-corrected chi connectivity index (χ2v) is 10.9. The number of nitrogens with zero attached hydrogens (tertiary/aromatic N) is 3. The summed E-state index contributed by atoms with van der Waals surface area (Å²) >= 11 is 3.42. The molecular formula is C24H22BrF2N5O5S. The van der Waals surface area contributed by atoms with Crippen LogP contribution >= 0.6 is 15.9 Å². The molecule has 4 rings (SSSR count). The molecule has 0 fully saturated rings. The van der Waals surface area contributed by atoms with Gasteiger partial charge in [0.25, 0.3) is 10.0 Å². The number of pyridine rings is 2. The number of carbonyl (C=O) groups excluding carboxylic acids is 1. The molecule has 0 spiro atoms. The number of halogens is 3. The third-order valence-electron chi connectivity index (χ3n) is 5.13. The van der Waals surface area contributed by atoms with Crippen LogP contribution < -0.4 is 14.8 Å². The van der Waals surface area contributed by atoms with Crippen LogP contribution in [0.1, 0.15) is 13.8 Å². The number of benzene rings is 1. The van der Waals surface area contributed by atoms with E-state index in [-0.39, 0.29) is 29.9 Å². The van der Waals surface area contributed by atoms with Crippen molar-refractivity contribution in [3.63, 3.8) is 0 Å². The normalized spacial score (nSPS) is 11.6. The number of anilines is 2. The largest absolute Gasteiger partial charge is 0.480 e. The van der Waals surface area contributed by atoms with Gasteiger partial charge in [0.15, 0.2) is 5.82 Å². The van der Waals surface area contributed by atoms with Crippen LogP contribution in [-0.2, 0) is 14.8 Å². The van der Waals surface area contributed by atoms with Crippen molar-refractivity contribution >= 4 is 49.2 Å². The van der Waals surface area contributed by atoms with Crippen LogP contribution in [0.4, 0.5) is 25.1 Å². The molecule has 1 amide bonds. The molecule has 38 heavy (non-hydrogen) atoms. The minimum atomic E-state index is -4.44. The van der Waals surface area contributed by atoms with Gasteiger partial charge in [0.2, 0.25) is 5.88 Å². The molecule has 3 aromatic heterocycles. The lowest BCUT2D eigenvalue weighted by Gasteiger charge is -2.13. The van der Waals surface area contributed by atoms with Crippen molar-refractivity contribution < 1.29 is 31.5 Å². The molecule has 0 saturated heterocycles. The summed E-state index contributed by atoms with van der Waals surface area (Å²) < 4.78 is 67.7. The molecule has 0 aliphatic carbocycles. The summed E-state index contributed by atoms with van der Waals surface area (Å²) in [6.45, 7) is 4.09. The topological polar surface area (TPSA) is 124 Å². The van der Waals surface area contributed by atoms with Crippen molar-refractivity contribution in [1.82, 2.24) is 14.4 Å². The maximum Gasteiger partial charge on any atom is 0.412 e. The number of hydrogen-bond acceptors (Lipinski definition) is 7. The molecule has 0 bridgehead atoms. The van der Waals surface area contributed by atoms with Gasteiger partial charge in [0, 0.05) is 29.6 Å². The van der Waals surface area contributed by atoms with E-state index >= 15 is 0 Å². The highest BCUT2D eigenvalue weighted by atomic mass is 79.9. The first-order valence-corrected chi connectivity index (χ1v) is 13.4. The lowest BCUT2D eigenvalue weighted by atomic mass is 10.1. The average molecular weight is 610 g/mol. The molecule has 2 N–H and O–H groups in total. The van der Waals surface area contributed by atoms with Gasteiger partial charge in [-0.05, 0) is 52.2 Å². The molecule has 0 radical (unpaired) electrons. The van der Waals surface area contributed by atoms with Crippen molar-refractivity contribution in [3.05, 3.63) is 65.0 Å². The van der Waals surface area contributed by atoms with Crippen molar-refractivity contribution in [1.29, 1.82) is 0 Å². The zero-order chi connectivity index (χ0) is 27.6. The minimum absolute atomic E-state index is 0.0591. The number of aromatic nitrogens is 3. The Morgan fingerprint density at radius 1 is 1.16 bits per heavy atom. The summed E-state index contributed by atoms with van der Waals surface area (Å²) in [6, 6.07) is 7.01. The second-order valence-electron chi connectivity index (χ2n) is 8.48. The number of fused-ring (bicyclic) bond motifs is 1. The molecular weight excluding hydrogens is 588 g/mol. The molecule has 10 nitrogen and oxygen atoms in total. The summed E-state index contributed by atoms with van der Waals surface area (Å²) in [4.78, 5) is 19.9. The van der Waals surface area contributed by atoms with Gasteiger partial charge in [-0.15, -0.1) is 0 Å². The summed E-state index contributed by atoms with van der Waals surface area (Å²) in [5, 5.41) is 2.59. The first-order valence-electron chi connectivity index (χ1n) is 11.1. The Hall–Kier alpha value is -3.78. The van der Waals surface area contributed by atoms with E-state index in [4.69, 9.17) is 9.47 Å². The Morgan fingerprint density at radius 3 is 2.61 bits per heavy atom. The van der Waals surface area contributed by atoms with Crippen LogP contribution in [0, 0.1) is 17.6 Å². The monoisotopic (exact) mass is 609 g/mol. The fraction of sp³-hybridized carbons (Fsp3) is 0.208. The molecule has 4 aromatic rings. The van der Waals surface area contributed by atoms with Crippen molar-refractivity contribution in [3.8, 4) is 17.0 Å². The second kappa shape index (κ2) is 10.9. The summed E-state index contributed by atoms with van der Waals surface area (Å²) in [6.07, 6.45) is 2.51. The number of sulfonamides is 1. The van der Waals surface area contributed by atoms with Crippen LogP contribution in [0.15, 0.2) is 58.3 Å². The predicted molar refractivity (Wildman–Crippen MR) is 140 cm³/mol. The first-order chi connectivity index (χ1) is 18.0. The SMILES string of the molecule is COc1ncc(-c2ccc3nc(NC(=O)OCC(C)C)c(Br)n3c2)cc1NS(=O)(=O)c1ccc(F)cc1F. The van der Waals surface area contributed by atoms with E-state index in [1.807, 2.05) is 13.8 Å². The molecule has 1 aromatic carbocycles. The maximum atomic E-state index is 14.2. The van der Waals surface area contributed by atoms with Crippen LogP contribution in [-0.4, -0.2) is 42.6 Å². The third kappa shape index (κ3) is 5.86. The van der Waals surface area contributed by atoms with Gasteiger partial charge in [-0.3, -0.25) is 14.4 Å². The number of carbonyl (C=O) groups is 1. The number of hydrogen-bond donors (Lipinski definition) is 2. The number of nitrogens with one attached hydrogen (secondary N) is 2. The summed E-state index contributed by atoms with van der Waals surface area (Å²) in [7, 11) is -3.14. The quantitative estimate of drug-likeness (QED) is 0.272. The first kappa shape index (κ1) is 27.3. The fourth-order valence-corrected chi connectivity index (χ4v) is 4.96. The van der Waals surface area contributed by atoms with Crippen LogP contribution in [0.25, 0.3) is 16.8 Å². The molecule has 0 unspecified atom stereocenters. The molecule has 3 heterocycles. The zero-order valence-electron chi connectivity index (χ0n) is 20.3. The highest BCUT2D eigenvalue weighted by molar-refractivity contribution is 9.10. The highest BCUT2D eigenvalue weighted by Crippen LogP contribution is 2.32. The van der Waals surface area contributed by atoms with Gasteiger partial charge in [0.05, 0.1) is 13.7 Å². The number of amides is 1. The van der Waals surface area contributed by atoms with Gasteiger partial charge in [-0.1, -0.05) is 13.8 Å². The molecule has 0 saturated carbocycles. The Morgan fingerprint density at radius 2 is 1.92 bits per heavy atom.